The highest BCUT2D eigenvalue weighted by Gasteiger charge is 2.09. The van der Waals surface area contributed by atoms with Crippen LogP contribution in [-0.4, -0.2) is 16.6 Å². The number of terminal acetylenes is 1. The van der Waals surface area contributed by atoms with Gasteiger partial charge in [0.15, 0.2) is 0 Å². The van der Waals surface area contributed by atoms with Crippen molar-refractivity contribution in [2.75, 3.05) is 6.61 Å². The normalized spacial score (nSPS) is 9.83. The van der Waals surface area contributed by atoms with Crippen molar-refractivity contribution in [3.8, 4) is 29.4 Å². The molecule has 0 bridgehead atoms. The molecule has 0 amide bonds. The third-order valence-electron chi connectivity index (χ3n) is 2.31. The Labute approximate surface area is 105 Å². The number of benzene rings is 1. The quantitative estimate of drug-likeness (QED) is 0.776. The monoisotopic (exact) mass is 242 g/mol. The van der Waals surface area contributed by atoms with Crippen LogP contribution in [0.2, 0.25) is 0 Å². The second-order valence-electron chi connectivity index (χ2n) is 3.68. The Morgan fingerprint density at radius 1 is 1.33 bits per heavy atom. The minimum absolute atomic E-state index is 0.0791. The van der Waals surface area contributed by atoms with E-state index in [0.29, 0.717) is 17.0 Å². The maximum Gasteiger partial charge on any atom is 0.148 e. The highest BCUT2D eigenvalue weighted by atomic mass is 19.1. The van der Waals surface area contributed by atoms with Gasteiger partial charge >= 0.3 is 0 Å². The smallest absolute Gasteiger partial charge is 0.148 e. The molecule has 0 aliphatic heterocycles. The van der Waals surface area contributed by atoms with Crippen LogP contribution in [0, 0.1) is 25.1 Å². The van der Waals surface area contributed by atoms with E-state index in [1.54, 1.807) is 18.5 Å². The highest BCUT2D eigenvalue weighted by molar-refractivity contribution is 5.66. The predicted molar refractivity (Wildman–Crippen MR) is 66.5 cm³/mol. The molecular formula is C14H11FN2O. The second kappa shape index (κ2) is 5.28. The average molecular weight is 242 g/mol. The van der Waals surface area contributed by atoms with Gasteiger partial charge in [0.1, 0.15) is 18.2 Å². The predicted octanol–water partition coefficient (Wildman–Crippen LogP) is 2.60. The molecule has 0 atom stereocenters. The third kappa shape index (κ3) is 2.64. The van der Waals surface area contributed by atoms with Crippen LogP contribution in [0.3, 0.4) is 0 Å². The highest BCUT2D eigenvalue weighted by Crippen LogP contribution is 2.28. The molecule has 0 N–H and O–H groups in total. The summed E-state index contributed by atoms with van der Waals surface area (Å²) in [6.45, 7) is 1.92. The molecule has 0 aliphatic rings. The molecule has 18 heavy (non-hydrogen) atoms. The van der Waals surface area contributed by atoms with Crippen LogP contribution in [0.15, 0.2) is 30.6 Å². The van der Waals surface area contributed by atoms with Crippen molar-refractivity contribution in [2.45, 2.75) is 6.92 Å². The van der Waals surface area contributed by atoms with Gasteiger partial charge in [-0.3, -0.25) is 9.97 Å². The first kappa shape index (κ1) is 12.1. The largest absolute Gasteiger partial charge is 0.480 e. The zero-order valence-electron chi connectivity index (χ0n) is 9.85. The van der Waals surface area contributed by atoms with Crippen LogP contribution in [0.25, 0.3) is 11.3 Å². The zero-order chi connectivity index (χ0) is 13.0. The van der Waals surface area contributed by atoms with Crippen molar-refractivity contribution >= 4 is 0 Å². The summed E-state index contributed by atoms with van der Waals surface area (Å²) in [4.78, 5) is 8.38. The Bertz CT molecular complexity index is 588. The molecule has 0 fully saturated rings. The second-order valence-corrected chi connectivity index (χ2v) is 3.68. The van der Waals surface area contributed by atoms with E-state index in [1.165, 1.54) is 12.1 Å². The molecule has 3 nitrogen and oxygen atoms in total. The van der Waals surface area contributed by atoms with Gasteiger partial charge in [-0.1, -0.05) is 5.92 Å². The van der Waals surface area contributed by atoms with E-state index in [2.05, 4.69) is 15.9 Å². The van der Waals surface area contributed by atoms with Gasteiger partial charge in [-0.25, -0.2) is 4.39 Å². The first-order valence-corrected chi connectivity index (χ1v) is 5.35. The Kier molecular flexibility index (Phi) is 3.54. The summed E-state index contributed by atoms with van der Waals surface area (Å²) in [5, 5.41) is 0. The minimum Gasteiger partial charge on any atom is -0.480 e. The third-order valence-corrected chi connectivity index (χ3v) is 2.31. The van der Waals surface area contributed by atoms with Crippen molar-refractivity contribution in [3.63, 3.8) is 0 Å². The molecule has 0 spiro atoms. The van der Waals surface area contributed by atoms with Gasteiger partial charge in [0.25, 0.3) is 0 Å². The van der Waals surface area contributed by atoms with E-state index in [-0.39, 0.29) is 12.4 Å². The van der Waals surface area contributed by atoms with E-state index in [4.69, 9.17) is 11.2 Å². The molecule has 0 saturated heterocycles. The summed E-state index contributed by atoms with van der Waals surface area (Å²) in [6.07, 6.45) is 8.39. The summed E-state index contributed by atoms with van der Waals surface area (Å²) in [5.41, 5.74) is 2.10. The van der Waals surface area contributed by atoms with Gasteiger partial charge in [-0.2, -0.15) is 0 Å². The van der Waals surface area contributed by atoms with Crippen molar-refractivity contribution in [1.29, 1.82) is 0 Å². The number of hydrogen-bond acceptors (Lipinski definition) is 3. The maximum atomic E-state index is 13.2. The van der Waals surface area contributed by atoms with E-state index in [1.807, 2.05) is 6.92 Å². The van der Waals surface area contributed by atoms with Gasteiger partial charge in [0.05, 0.1) is 17.6 Å². The van der Waals surface area contributed by atoms with E-state index in [9.17, 15) is 4.39 Å². The number of hydrogen-bond donors (Lipinski definition) is 0. The SMILES string of the molecule is C#CCOc1cc(F)ccc1-c1cnc(C)cn1. The first-order valence-electron chi connectivity index (χ1n) is 5.35. The van der Waals surface area contributed by atoms with Crippen molar-refractivity contribution in [3.05, 3.63) is 42.1 Å². The van der Waals surface area contributed by atoms with Crippen LogP contribution in [-0.2, 0) is 0 Å². The number of halogens is 1. The Morgan fingerprint density at radius 3 is 2.83 bits per heavy atom. The minimum atomic E-state index is -0.383. The number of nitrogens with zero attached hydrogens (tertiary/aromatic N) is 2. The molecule has 0 radical (unpaired) electrons. The van der Waals surface area contributed by atoms with Gasteiger partial charge in [-0.15, -0.1) is 6.42 Å². The molecule has 4 heteroatoms. The van der Waals surface area contributed by atoms with E-state index < -0.39 is 0 Å². The summed E-state index contributed by atoms with van der Waals surface area (Å²) in [6, 6.07) is 4.23. The zero-order valence-corrected chi connectivity index (χ0v) is 9.85. The number of aryl methyl sites for hydroxylation is 1. The van der Waals surface area contributed by atoms with Crippen molar-refractivity contribution in [1.82, 2.24) is 9.97 Å². The average Bonchev–Trinajstić information content (AvgIpc) is 2.38. The number of ether oxygens (including phenoxy) is 1. The molecular weight excluding hydrogens is 231 g/mol. The van der Waals surface area contributed by atoms with Gasteiger partial charge in [0, 0.05) is 17.8 Å². The lowest BCUT2D eigenvalue weighted by Gasteiger charge is -2.09. The van der Waals surface area contributed by atoms with E-state index >= 15 is 0 Å². The summed E-state index contributed by atoms with van der Waals surface area (Å²) in [5.74, 6) is 2.33. The summed E-state index contributed by atoms with van der Waals surface area (Å²) < 4.78 is 18.5. The van der Waals surface area contributed by atoms with Gasteiger partial charge < -0.3 is 4.74 Å². The first-order chi connectivity index (χ1) is 8.70. The van der Waals surface area contributed by atoms with Crippen LogP contribution < -0.4 is 4.74 Å². The lowest BCUT2D eigenvalue weighted by molar-refractivity contribution is 0.369. The molecule has 90 valence electrons. The van der Waals surface area contributed by atoms with E-state index in [0.717, 1.165) is 5.69 Å². The Balaban J connectivity index is 2.43. The topological polar surface area (TPSA) is 35.0 Å². The molecule has 0 unspecified atom stereocenters. The molecule has 0 saturated carbocycles. The van der Waals surface area contributed by atoms with Crippen LogP contribution in [0.1, 0.15) is 5.69 Å². The summed E-state index contributed by atoms with van der Waals surface area (Å²) >= 11 is 0. The Hall–Kier alpha value is -2.41. The number of rotatable bonds is 3. The maximum absolute atomic E-state index is 13.2. The molecule has 1 heterocycles. The Morgan fingerprint density at radius 2 is 2.17 bits per heavy atom. The molecule has 2 aromatic rings. The standard InChI is InChI=1S/C14H11FN2O/c1-3-6-18-14-7-11(15)4-5-12(14)13-9-16-10(2)8-17-13/h1,4-5,7-9H,6H2,2H3. The fourth-order valence-electron chi connectivity index (χ4n) is 1.48. The van der Waals surface area contributed by atoms with Crippen LogP contribution in [0.5, 0.6) is 5.75 Å². The number of aromatic nitrogens is 2. The fourth-order valence-corrected chi connectivity index (χ4v) is 1.48. The van der Waals surface area contributed by atoms with Crippen molar-refractivity contribution in [2.24, 2.45) is 0 Å². The van der Waals surface area contributed by atoms with Crippen LogP contribution in [0.4, 0.5) is 4.39 Å². The molecule has 2 rings (SSSR count). The summed E-state index contributed by atoms with van der Waals surface area (Å²) in [7, 11) is 0. The molecule has 0 aliphatic carbocycles. The lowest BCUT2D eigenvalue weighted by atomic mass is 10.1. The fraction of sp³-hybridized carbons (Fsp3) is 0.143. The lowest BCUT2D eigenvalue weighted by Crippen LogP contribution is -1.98. The van der Waals surface area contributed by atoms with Gasteiger partial charge in [0.2, 0.25) is 0 Å². The van der Waals surface area contributed by atoms with Gasteiger partial charge in [-0.05, 0) is 19.1 Å². The van der Waals surface area contributed by atoms with Crippen LogP contribution >= 0.6 is 0 Å². The molecule has 1 aromatic carbocycles. The molecule has 1 aromatic heterocycles. The van der Waals surface area contributed by atoms with Crippen molar-refractivity contribution < 1.29 is 9.13 Å².